The summed E-state index contributed by atoms with van der Waals surface area (Å²) in [5, 5.41) is 13.9. The van der Waals surface area contributed by atoms with Crippen molar-refractivity contribution in [2.24, 2.45) is 5.73 Å². The molecule has 78 valence electrons. The molecule has 0 aromatic carbocycles. The number of nitrogens with zero attached hydrogens (tertiary/aromatic N) is 4. The number of nitrogens with one attached hydrogen (secondary N) is 1. The van der Waals surface area contributed by atoms with E-state index in [1.54, 1.807) is 0 Å². The van der Waals surface area contributed by atoms with Gasteiger partial charge in [-0.15, -0.1) is 10.2 Å². The molecule has 1 aliphatic heterocycles. The van der Waals surface area contributed by atoms with Crippen molar-refractivity contribution in [2.75, 3.05) is 13.1 Å². The largest absolute Gasteiger partial charge is 0.318 e. The second-order valence-electron chi connectivity index (χ2n) is 4.21. The van der Waals surface area contributed by atoms with E-state index in [0.717, 1.165) is 19.5 Å². The fraction of sp³-hybridized carbons (Fsp3) is 0.875. The Labute approximate surface area is 82.9 Å². The first-order valence-corrected chi connectivity index (χ1v) is 4.89. The molecular weight excluding hydrogens is 180 g/mol. The molecular formula is C8H16N6. The summed E-state index contributed by atoms with van der Waals surface area (Å²) in [5.41, 5.74) is 5.81. The summed E-state index contributed by atoms with van der Waals surface area (Å²) in [6.45, 7) is 6.15. The van der Waals surface area contributed by atoms with Crippen molar-refractivity contribution < 1.29 is 0 Å². The van der Waals surface area contributed by atoms with Crippen LogP contribution in [-0.2, 0) is 5.54 Å². The van der Waals surface area contributed by atoms with Gasteiger partial charge in [0.2, 0.25) is 0 Å². The van der Waals surface area contributed by atoms with Gasteiger partial charge in [-0.05, 0) is 20.3 Å². The van der Waals surface area contributed by atoms with Gasteiger partial charge in [0.25, 0.3) is 0 Å². The van der Waals surface area contributed by atoms with Crippen molar-refractivity contribution in [1.29, 1.82) is 0 Å². The Balaban J connectivity index is 2.13. The molecule has 1 aromatic heterocycles. The number of aromatic nitrogens is 4. The molecule has 0 bridgehead atoms. The van der Waals surface area contributed by atoms with E-state index in [-0.39, 0.29) is 0 Å². The molecule has 1 fully saturated rings. The molecule has 1 unspecified atom stereocenters. The highest BCUT2D eigenvalue weighted by Crippen LogP contribution is 2.27. The lowest BCUT2D eigenvalue weighted by atomic mass is 10.00. The Morgan fingerprint density at radius 3 is 2.86 bits per heavy atom. The zero-order valence-corrected chi connectivity index (χ0v) is 8.56. The van der Waals surface area contributed by atoms with Gasteiger partial charge in [-0.25, -0.2) is 0 Å². The summed E-state index contributed by atoms with van der Waals surface area (Å²) < 4.78 is 0. The van der Waals surface area contributed by atoms with Gasteiger partial charge < -0.3 is 5.73 Å². The van der Waals surface area contributed by atoms with E-state index in [2.05, 4.69) is 39.4 Å². The Hall–Kier alpha value is -1.01. The van der Waals surface area contributed by atoms with E-state index < -0.39 is 5.54 Å². The smallest absolute Gasteiger partial charge is 0.195 e. The molecule has 1 aliphatic rings. The van der Waals surface area contributed by atoms with Crippen molar-refractivity contribution in [3.05, 3.63) is 5.82 Å². The quantitative estimate of drug-likeness (QED) is 0.664. The number of aromatic amines is 1. The Kier molecular flexibility index (Phi) is 2.24. The van der Waals surface area contributed by atoms with E-state index in [1.807, 2.05) is 0 Å². The van der Waals surface area contributed by atoms with Crippen LogP contribution in [0.25, 0.3) is 0 Å². The van der Waals surface area contributed by atoms with E-state index in [1.165, 1.54) is 0 Å². The highest BCUT2D eigenvalue weighted by atomic mass is 15.5. The summed E-state index contributed by atoms with van der Waals surface area (Å²) in [6.07, 6.45) is 0.894. The number of hydrogen-bond donors (Lipinski definition) is 2. The van der Waals surface area contributed by atoms with Crippen molar-refractivity contribution >= 4 is 0 Å². The van der Waals surface area contributed by atoms with Crippen molar-refractivity contribution in [3.63, 3.8) is 0 Å². The molecule has 0 saturated carbocycles. The first-order valence-electron chi connectivity index (χ1n) is 4.89. The second-order valence-corrected chi connectivity index (χ2v) is 4.21. The normalized spacial score (nSPS) is 28.9. The number of rotatable bonds is 2. The summed E-state index contributed by atoms with van der Waals surface area (Å²) in [5.74, 6) is 0.626. The minimum Gasteiger partial charge on any atom is -0.318 e. The molecule has 2 heterocycles. The minimum atomic E-state index is -0.419. The average Bonchev–Trinajstić information content (AvgIpc) is 2.71. The maximum absolute atomic E-state index is 6.23. The lowest BCUT2D eigenvalue weighted by Crippen LogP contribution is -2.42. The zero-order valence-electron chi connectivity index (χ0n) is 8.56. The first-order chi connectivity index (χ1) is 6.62. The van der Waals surface area contributed by atoms with Crippen LogP contribution in [0.3, 0.4) is 0 Å². The number of H-pyrrole nitrogens is 1. The van der Waals surface area contributed by atoms with E-state index in [0.29, 0.717) is 11.9 Å². The van der Waals surface area contributed by atoms with Crippen LogP contribution >= 0.6 is 0 Å². The summed E-state index contributed by atoms with van der Waals surface area (Å²) in [6, 6.07) is 0.521. The Morgan fingerprint density at radius 2 is 2.36 bits per heavy atom. The molecule has 3 N–H and O–H groups in total. The van der Waals surface area contributed by atoms with Gasteiger partial charge in [-0.1, -0.05) is 5.21 Å². The van der Waals surface area contributed by atoms with E-state index in [4.69, 9.17) is 5.73 Å². The third-order valence-corrected chi connectivity index (χ3v) is 2.85. The highest BCUT2D eigenvalue weighted by molar-refractivity contribution is 5.07. The molecule has 6 heteroatoms. The van der Waals surface area contributed by atoms with E-state index >= 15 is 0 Å². The van der Waals surface area contributed by atoms with Crippen molar-refractivity contribution in [2.45, 2.75) is 31.8 Å². The number of tetrazole rings is 1. The number of hydrogen-bond acceptors (Lipinski definition) is 5. The molecule has 2 rings (SSSR count). The van der Waals surface area contributed by atoms with Crippen LogP contribution in [0.15, 0.2) is 0 Å². The summed E-state index contributed by atoms with van der Waals surface area (Å²) in [7, 11) is 0. The minimum absolute atomic E-state index is 0.419. The van der Waals surface area contributed by atoms with Gasteiger partial charge in [0.1, 0.15) is 0 Å². The fourth-order valence-corrected chi connectivity index (χ4v) is 1.86. The van der Waals surface area contributed by atoms with Gasteiger partial charge >= 0.3 is 0 Å². The second kappa shape index (κ2) is 3.29. The lowest BCUT2D eigenvalue weighted by molar-refractivity contribution is 0.254. The van der Waals surface area contributed by atoms with E-state index in [9.17, 15) is 0 Å². The third-order valence-electron chi connectivity index (χ3n) is 2.85. The molecule has 1 atom stereocenters. The standard InChI is InChI=1S/C8H16N6/c1-6(2)14-4-3-8(9,5-14)7-10-12-13-11-7/h6H,3-5,9H2,1-2H3,(H,10,11,12,13). The van der Waals surface area contributed by atoms with Crippen LogP contribution in [-0.4, -0.2) is 44.7 Å². The predicted octanol–water partition coefficient (Wildman–Crippen LogP) is -0.532. The maximum atomic E-state index is 6.23. The summed E-state index contributed by atoms with van der Waals surface area (Å²) >= 11 is 0. The summed E-state index contributed by atoms with van der Waals surface area (Å²) in [4.78, 5) is 2.33. The molecule has 6 nitrogen and oxygen atoms in total. The number of nitrogens with two attached hydrogens (primary N) is 1. The van der Waals surface area contributed by atoms with Crippen molar-refractivity contribution in [3.8, 4) is 0 Å². The molecule has 14 heavy (non-hydrogen) atoms. The molecule has 0 radical (unpaired) electrons. The predicted molar refractivity (Wildman–Crippen MR) is 51.4 cm³/mol. The molecule has 0 spiro atoms. The van der Waals surface area contributed by atoms with Crippen molar-refractivity contribution in [1.82, 2.24) is 25.5 Å². The Bertz CT molecular complexity index is 295. The third kappa shape index (κ3) is 1.51. The molecule has 0 aliphatic carbocycles. The van der Waals surface area contributed by atoms with Crippen LogP contribution in [0.1, 0.15) is 26.1 Å². The van der Waals surface area contributed by atoms with Gasteiger partial charge in [-0.3, -0.25) is 4.90 Å². The lowest BCUT2D eigenvalue weighted by Gasteiger charge is -2.23. The number of likely N-dealkylation sites (tertiary alicyclic amines) is 1. The monoisotopic (exact) mass is 196 g/mol. The average molecular weight is 196 g/mol. The zero-order chi connectivity index (χ0) is 10.2. The Morgan fingerprint density at radius 1 is 1.57 bits per heavy atom. The van der Waals surface area contributed by atoms with Crippen LogP contribution in [0.4, 0.5) is 0 Å². The topological polar surface area (TPSA) is 83.7 Å². The van der Waals surface area contributed by atoms with Gasteiger partial charge in [0.15, 0.2) is 5.82 Å². The molecule has 1 saturated heterocycles. The molecule has 0 amide bonds. The maximum Gasteiger partial charge on any atom is 0.195 e. The fourth-order valence-electron chi connectivity index (χ4n) is 1.86. The highest BCUT2D eigenvalue weighted by Gasteiger charge is 2.40. The molecule has 1 aromatic rings. The van der Waals surface area contributed by atoms with Gasteiger partial charge in [-0.2, -0.15) is 5.21 Å². The van der Waals surface area contributed by atoms with Crippen LogP contribution < -0.4 is 5.73 Å². The van der Waals surface area contributed by atoms with Crippen LogP contribution in [0, 0.1) is 0 Å². The van der Waals surface area contributed by atoms with Gasteiger partial charge in [0.05, 0.1) is 5.54 Å². The van der Waals surface area contributed by atoms with Gasteiger partial charge in [0, 0.05) is 19.1 Å². The SMILES string of the molecule is CC(C)N1CCC(N)(c2nn[nH]n2)C1. The first kappa shape index (κ1) is 9.54. The van der Waals surface area contributed by atoms with Crippen LogP contribution in [0.5, 0.6) is 0 Å². The van der Waals surface area contributed by atoms with Crippen LogP contribution in [0.2, 0.25) is 0 Å².